The standard InChI is InChI=1S/C8H13N/c1-5-7(2)6-8(3)9-4/h6H,2,4-5H2,1,3H3/b8-6-. The van der Waals surface area contributed by atoms with Gasteiger partial charge in [0, 0.05) is 5.70 Å². The highest BCUT2D eigenvalue weighted by Crippen LogP contribution is 2.03. The summed E-state index contributed by atoms with van der Waals surface area (Å²) in [6.07, 6.45) is 2.92. The van der Waals surface area contributed by atoms with E-state index in [4.69, 9.17) is 0 Å². The first-order valence-electron chi connectivity index (χ1n) is 3.03. The van der Waals surface area contributed by atoms with Gasteiger partial charge in [0.2, 0.25) is 0 Å². The van der Waals surface area contributed by atoms with E-state index in [0.717, 1.165) is 17.7 Å². The fourth-order valence-electron chi connectivity index (χ4n) is 0.443. The van der Waals surface area contributed by atoms with Gasteiger partial charge < -0.3 is 0 Å². The summed E-state index contributed by atoms with van der Waals surface area (Å²) in [6, 6.07) is 0. The van der Waals surface area contributed by atoms with Gasteiger partial charge in [0.25, 0.3) is 0 Å². The van der Waals surface area contributed by atoms with Crippen LogP contribution in [0.15, 0.2) is 28.9 Å². The molecule has 1 heteroatoms. The zero-order chi connectivity index (χ0) is 7.28. The largest absolute Gasteiger partial charge is 0.269 e. The van der Waals surface area contributed by atoms with Crippen LogP contribution in [0.5, 0.6) is 0 Å². The van der Waals surface area contributed by atoms with Crippen LogP contribution in [0.1, 0.15) is 20.3 Å². The Kier molecular flexibility index (Phi) is 3.69. The average molecular weight is 123 g/mol. The SMILES string of the molecule is C=N/C(C)=C\C(=C)CC. The molecule has 0 aliphatic rings. The van der Waals surface area contributed by atoms with E-state index < -0.39 is 0 Å². The maximum Gasteiger partial charge on any atom is 0.0367 e. The summed E-state index contributed by atoms with van der Waals surface area (Å²) in [7, 11) is 0. The number of hydrogen-bond donors (Lipinski definition) is 0. The summed E-state index contributed by atoms with van der Waals surface area (Å²) in [4.78, 5) is 3.73. The predicted octanol–water partition coefficient (Wildman–Crippen LogP) is 2.56. The molecule has 0 bridgehead atoms. The number of nitrogens with zero attached hydrogens (tertiary/aromatic N) is 1. The summed E-state index contributed by atoms with van der Waals surface area (Å²) in [5.74, 6) is 0. The van der Waals surface area contributed by atoms with Crippen molar-refractivity contribution in [3.05, 3.63) is 23.9 Å². The molecular formula is C8H13N. The Bertz CT molecular complexity index is 143. The zero-order valence-corrected chi connectivity index (χ0v) is 6.15. The maximum atomic E-state index is 3.80. The summed E-state index contributed by atoms with van der Waals surface area (Å²) < 4.78 is 0. The summed E-state index contributed by atoms with van der Waals surface area (Å²) in [6.45, 7) is 11.2. The van der Waals surface area contributed by atoms with Gasteiger partial charge in [-0.15, -0.1) is 0 Å². The maximum absolute atomic E-state index is 3.80. The molecule has 50 valence electrons. The van der Waals surface area contributed by atoms with Crippen LogP contribution < -0.4 is 0 Å². The molecule has 0 N–H and O–H groups in total. The normalized spacial score (nSPS) is 11.1. The molecular weight excluding hydrogens is 110 g/mol. The highest BCUT2D eigenvalue weighted by atomic mass is 14.7. The van der Waals surface area contributed by atoms with E-state index >= 15 is 0 Å². The van der Waals surface area contributed by atoms with Crippen LogP contribution in [-0.2, 0) is 0 Å². The smallest absolute Gasteiger partial charge is 0.0367 e. The second kappa shape index (κ2) is 4.07. The van der Waals surface area contributed by atoms with Crippen molar-refractivity contribution in [1.29, 1.82) is 0 Å². The van der Waals surface area contributed by atoms with Crippen molar-refractivity contribution in [3.63, 3.8) is 0 Å². The predicted molar refractivity (Wildman–Crippen MR) is 42.7 cm³/mol. The lowest BCUT2D eigenvalue weighted by atomic mass is 10.2. The number of rotatable bonds is 3. The van der Waals surface area contributed by atoms with E-state index in [1.807, 2.05) is 13.0 Å². The van der Waals surface area contributed by atoms with Crippen molar-refractivity contribution in [3.8, 4) is 0 Å². The lowest BCUT2D eigenvalue weighted by Gasteiger charge is -1.92. The Balaban J connectivity index is 3.94. The van der Waals surface area contributed by atoms with E-state index in [-0.39, 0.29) is 0 Å². The van der Waals surface area contributed by atoms with Crippen LogP contribution in [0.4, 0.5) is 0 Å². The molecule has 0 aromatic rings. The van der Waals surface area contributed by atoms with Gasteiger partial charge in [0.15, 0.2) is 0 Å². The highest BCUT2D eigenvalue weighted by molar-refractivity contribution is 5.30. The molecule has 0 spiro atoms. The quantitative estimate of drug-likeness (QED) is 0.404. The molecule has 0 fully saturated rings. The number of aliphatic imine (C=N–C) groups is 1. The molecule has 0 amide bonds. The summed E-state index contributed by atoms with van der Waals surface area (Å²) in [5.41, 5.74) is 2.03. The van der Waals surface area contributed by atoms with Crippen molar-refractivity contribution in [1.82, 2.24) is 0 Å². The Hall–Kier alpha value is -0.850. The van der Waals surface area contributed by atoms with Crippen molar-refractivity contribution in [2.24, 2.45) is 4.99 Å². The van der Waals surface area contributed by atoms with E-state index in [2.05, 4.69) is 25.2 Å². The van der Waals surface area contributed by atoms with Crippen LogP contribution in [0.3, 0.4) is 0 Å². The second-order valence-corrected chi connectivity index (χ2v) is 1.96. The molecule has 0 atom stereocenters. The van der Waals surface area contributed by atoms with Crippen molar-refractivity contribution in [2.75, 3.05) is 0 Å². The van der Waals surface area contributed by atoms with Crippen molar-refractivity contribution >= 4 is 6.72 Å². The minimum atomic E-state index is 0.932. The van der Waals surface area contributed by atoms with E-state index in [1.54, 1.807) is 0 Å². The topological polar surface area (TPSA) is 12.4 Å². The summed E-state index contributed by atoms with van der Waals surface area (Å²) in [5, 5.41) is 0. The third-order valence-corrected chi connectivity index (χ3v) is 1.12. The fourth-order valence-corrected chi connectivity index (χ4v) is 0.443. The van der Waals surface area contributed by atoms with Crippen LogP contribution in [-0.4, -0.2) is 6.72 Å². The molecule has 1 nitrogen and oxygen atoms in total. The molecule has 0 radical (unpaired) electrons. The second-order valence-electron chi connectivity index (χ2n) is 1.96. The molecule has 0 unspecified atom stereocenters. The first-order valence-corrected chi connectivity index (χ1v) is 3.03. The van der Waals surface area contributed by atoms with E-state index in [9.17, 15) is 0 Å². The van der Waals surface area contributed by atoms with Crippen LogP contribution in [0.25, 0.3) is 0 Å². The van der Waals surface area contributed by atoms with Crippen LogP contribution >= 0.6 is 0 Å². The number of allylic oxidation sites excluding steroid dienone is 3. The van der Waals surface area contributed by atoms with Gasteiger partial charge >= 0.3 is 0 Å². The van der Waals surface area contributed by atoms with Gasteiger partial charge in [-0.2, -0.15) is 0 Å². The highest BCUT2D eigenvalue weighted by Gasteiger charge is 1.83. The molecule has 9 heavy (non-hydrogen) atoms. The van der Waals surface area contributed by atoms with Gasteiger partial charge in [0.05, 0.1) is 0 Å². The average Bonchev–Trinajstić information content (AvgIpc) is 1.87. The van der Waals surface area contributed by atoms with Gasteiger partial charge in [-0.25, -0.2) is 0 Å². The van der Waals surface area contributed by atoms with Crippen LogP contribution in [0, 0.1) is 0 Å². The Labute approximate surface area is 56.8 Å². The molecule has 0 aliphatic carbocycles. The third kappa shape index (κ3) is 3.71. The summed E-state index contributed by atoms with van der Waals surface area (Å²) >= 11 is 0. The van der Waals surface area contributed by atoms with Crippen LogP contribution in [0.2, 0.25) is 0 Å². The van der Waals surface area contributed by atoms with Crippen molar-refractivity contribution < 1.29 is 0 Å². The molecule has 0 aromatic heterocycles. The molecule has 0 rings (SSSR count). The van der Waals surface area contributed by atoms with Gasteiger partial charge in [0.1, 0.15) is 0 Å². The van der Waals surface area contributed by atoms with E-state index in [0.29, 0.717) is 0 Å². The molecule has 0 aromatic carbocycles. The minimum absolute atomic E-state index is 0.932. The Morgan fingerprint density at radius 2 is 2.22 bits per heavy atom. The zero-order valence-electron chi connectivity index (χ0n) is 6.15. The van der Waals surface area contributed by atoms with E-state index in [1.165, 1.54) is 0 Å². The van der Waals surface area contributed by atoms with Gasteiger partial charge in [-0.05, 0) is 26.1 Å². The lowest BCUT2D eigenvalue weighted by molar-refractivity contribution is 1.14. The minimum Gasteiger partial charge on any atom is -0.269 e. The first kappa shape index (κ1) is 8.15. The molecule has 0 saturated heterocycles. The Morgan fingerprint density at radius 1 is 1.67 bits per heavy atom. The van der Waals surface area contributed by atoms with Gasteiger partial charge in [-0.3, -0.25) is 4.99 Å². The monoisotopic (exact) mass is 123 g/mol. The third-order valence-electron chi connectivity index (χ3n) is 1.12. The molecule has 0 saturated carbocycles. The molecule has 0 aliphatic heterocycles. The van der Waals surface area contributed by atoms with Crippen molar-refractivity contribution in [2.45, 2.75) is 20.3 Å². The first-order chi connectivity index (χ1) is 4.20. The Morgan fingerprint density at radius 3 is 2.56 bits per heavy atom. The molecule has 0 heterocycles. The fraction of sp³-hybridized carbons (Fsp3) is 0.375. The lowest BCUT2D eigenvalue weighted by Crippen LogP contribution is -1.72. The van der Waals surface area contributed by atoms with Gasteiger partial charge in [-0.1, -0.05) is 19.1 Å². The number of hydrogen-bond acceptors (Lipinski definition) is 1.